The molecule has 2 nitrogen and oxygen atoms in total. The molecule has 2 unspecified atom stereocenters. The van der Waals surface area contributed by atoms with Gasteiger partial charge in [0.05, 0.1) is 12.1 Å². The monoisotopic (exact) mass is 233 g/mol. The summed E-state index contributed by atoms with van der Waals surface area (Å²) in [6, 6.07) is 8.55. The predicted octanol–water partition coefficient (Wildman–Crippen LogP) is 3.06. The molecule has 0 fully saturated rings. The number of hydrogen-bond donors (Lipinski definition) is 1. The molecule has 2 N–H and O–H groups in total. The van der Waals surface area contributed by atoms with Gasteiger partial charge in [0, 0.05) is 6.61 Å². The van der Waals surface area contributed by atoms with Crippen LogP contribution in [0.25, 0.3) is 0 Å². The van der Waals surface area contributed by atoms with Crippen LogP contribution in [0.3, 0.4) is 0 Å². The van der Waals surface area contributed by atoms with Crippen LogP contribution in [0.1, 0.15) is 43.9 Å². The molecule has 0 bridgehead atoms. The van der Waals surface area contributed by atoms with Gasteiger partial charge in [-0.05, 0) is 36.3 Å². The molecule has 1 aromatic carbocycles. The maximum atomic E-state index is 6.35. The molecule has 0 amide bonds. The number of nitrogens with two attached hydrogens (primary N) is 1. The summed E-state index contributed by atoms with van der Waals surface area (Å²) in [4.78, 5) is 0. The molecule has 0 radical (unpaired) electrons. The molecule has 2 atom stereocenters. The smallest absolute Gasteiger partial charge is 0.0767 e. The van der Waals surface area contributed by atoms with Gasteiger partial charge < -0.3 is 10.5 Å². The normalized spacial score (nSPS) is 24.5. The van der Waals surface area contributed by atoms with Gasteiger partial charge in [0.25, 0.3) is 0 Å². The van der Waals surface area contributed by atoms with E-state index >= 15 is 0 Å². The average molecular weight is 233 g/mol. The van der Waals surface area contributed by atoms with E-state index in [0.29, 0.717) is 5.92 Å². The van der Waals surface area contributed by atoms with Crippen molar-refractivity contribution >= 4 is 0 Å². The summed E-state index contributed by atoms with van der Waals surface area (Å²) in [6.07, 6.45) is 3.56. The Kier molecular flexibility index (Phi) is 4.19. The summed E-state index contributed by atoms with van der Waals surface area (Å²) in [5.41, 5.74) is 9.03. The van der Waals surface area contributed by atoms with E-state index in [2.05, 4.69) is 38.1 Å². The number of rotatable bonds is 3. The fraction of sp³-hybridized carbons (Fsp3) is 0.600. The zero-order chi connectivity index (χ0) is 12.3. The standard InChI is InChI=1S/C15H23NO/c1-11(2)10-17-14-9-5-7-12-6-3-4-8-13(12)15(14)16/h3-4,6,8,11,14-15H,5,7,9-10,16H2,1-2H3. The van der Waals surface area contributed by atoms with Gasteiger partial charge in [-0.25, -0.2) is 0 Å². The van der Waals surface area contributed by atoms with E-state index < -0.39 is 0 Å². The van der Waals surface area contributed by atoms with Crippen LogP contribution in [0.5, 0.6) is 0 Å². The van der Waals surface area contributed by atoms with Gasteiger partial charge in [0.1, 0.15) is 0 Å². The second-order valence-corrected chi connectivity index (χ2v) is 5.38. The molecule has 0 spiro atoms. The Morgan fingerprint density at radius 1 is 1.35 bits per heavy atom. The average Bonchev–Trinajstić information content (AvgIpc) is 2.47. The quantitative estimate of drug-likeness (QED) is 0.814. The third kappa shape index (κ3) is 3.08. The molecule has 17 heavy (non-hydrogen) atoms. The van der Waals surface area contributed by atoms with Crippen LogP contribution in [-0.4, -0.2) is 12.7 Å². The fourth-order valence-corrected chi connectivity index (χ4v) is 2.46. The molecule has 0 heterocycles. The van der Waals surface area contributed by atoms with Crippen LogP contribution >= 0.6 is 0 Å². The highest BCUT2D eigenvalue weighted by molar-refractivity contribution is 5.31. The van der Waals surface area contributed by atoms with E-state index in [-0.39, 0.29) is 12.1 Å². The second-order valence-electron chi connectivity index (χ2n) is 5.38. The van der Waals surface area contributed by atoms with E-state index in [0.717, 1.165) is 19.4 Å². The number of benzene rings is 1. The Morgan fingerprint density at radius 3 is 2.88 bits per heavy atom. The molecule has 94 valence electrons. The zero-order valence-corrected chi connectivity index (χ0v) is 10.9. The first kappa shape index (κ1) is 12.6. The number of ether oxygens (including phenoxy) is 1. The predicted molar refractivity (Wildman–Crippen MR) is 70.9 cm³/mol. The molecule has 2 heteroatoms. The van der Waals surface area contributed by atoms with Crippen molar-refractivity contribution in [3.05, 3.63) is 35.4 Å². The largest absolute Gasteiger partial charge is 0.376 e. The van der Waals surface area contributed by atoms with E-state index in [9.17, 15) is 0 Å². The topological polar surface area (TPSA) is 35.2 Å². The molecule has 0 aromatic heterocycles. The summed E-state index contributed by atoms with van der Waals surface area (Å²) in [7, 11) is 0. The third-order valence-corrected chi connectivity index (χ3v) is 3.39. The summed E-state index contributed by atoms with van der Waals surface area (Å²) in [6.45, 7) is 5.16. The fourth-order valence-electron chi connectivity index (χ4n) is 2.46. The van der Waals surface area contributed by atoms with Crippen molar-refractivity contribution in [3.63, 3.8) is 0 Å². The number of aryl methyl sites for hydroxylation is 1. The van der Waals surface area contributed by atoms with Crippen LogP contribution in [0, 0.1) is 5.92 Å². The van der Waals surface area contributed by atoms with Crippen molar-refractivity contribution in [3.8, 4) is 0 Å². The second kappa shape index (κ2) is 5.65. The van der Waals surface area contributed by atoms with Gasteiger partial charge >= 0.3 is 0 Å². The lowest BCUT2D eigenvalue weighted by Gasteiger charge is -2.24. The van der Waals surface area contributed by atoms with Gasteiger partial charge in [-0.1, -0.05) is 38.1 Å². The van der Waals surface area contributed by atoms with Crippen LogP contribution in [0.15, 0.2) is 24.3 Å². The van der Waals surface area contributed by atoms with Crippen molar-refractivity contribution in [1.29, 1.82) is 0 Å². The molecule has 2 rings (SSSR count). The lowest BCUT2D eigenvalue weighted by Crippen LogP contribution is -2.29. The third-order valence-electron chi connectivity index (χ3n) is 3.39. The maximum Gasteiger partial charge on any atom is 0.0767 e. The van der Waals surface area contributed by atoms with E-state index in [1.165, 1.54) is 17.5 Å². The zero-order valence-electron chi connectivity index (χ0n) is 10.9. The minimum Gasteiger partial charge on any atom is -0.376 e. The Labute approximate surface area is 104 Å². The highest BCUT2D eigenvalue weighted by Gasteiger charge is 2.25. The number of fused-ring (bicyclic) bond motifs is 1. The van der Waals surface area contributed by atoms with E-state index in [1.807, 2.05) is 0 Å². The Balaban J connectivity index is 2.11. The first-order chi connectivity index (χ1) is 8.18. The van der Waals surface area contributed by atoms with Crippen LogP contribution in [0.2, 0.25) is 0 Å². The summed E-state index contributed by atoms with van der Waals surface area (Å²) < 4.78 is 5.97. The summed E-state index contributed by atoms with van der Waals surface area (Å²) in [5.74, 6) is 0.570. The lowest BCUT2D eigenvalue weighted by molar-refractivity contribution is 0.0149. The number of hydrogen-bond acceptors (Lipinski definition) is 2. The Bertz CT molecular complexity index is 362. The van der Waals surface area contributed by atoms with Crippen LogP contribution < -0.4 is 5.73 Å². The lowest BCUT2D eigenvalue weighted by atomic mass is 9.98. The summed E-state index contributed by atoms with van der Waals surface area (Å²) in [5, 5.41) is 0. The molecule has 0 saturated heterocycles. The van der Waals surface area contributed by atoms with Gasteiger partial charge in [-0.2, -0.15) is 0 Å². The van der Waals surface area contributed by atoms with Crippen molar-refractivity contribution in [2.45, 2.75) is 45.3 Å². The summed E-state index contributed by atoms with van der Waals surface area (Å²) >= 11 is 0. The highest BCUT2D eigenvalue weighted by atomic mass is 16.5. The van der Waals surface area contributed by atoms with Crippen LogP contribution in [0.4, 0.5) is 0 Å². The highest BCUT2D eigenvalue weighted by Crippen LogP contribution is 2.29. The van der Waals surface area contributed by atoms with Crippen molar-refractivity contribution < 1.29 is 4.74 Å². The Hall–Kier alpha value is -0.860. The molecule has 1 aliphatic carbocycles. The SMILES string of the molecule is CC(C)COC1CCCc2ccccc2C1N. The van der Waals surface area contributed by atoms with Gasteiger partial charge in [-0.3, -0.25) is 0 Å². The van der Waals surface area contributed by atoms with E-state index in [1.54, 1.807) is 0 Å². The first-order valence-electron chi connectivity index (χ1n) is 6.63. The molecule has 0 saturated carbocycles. The van der Waals surface area contributed by atoms with E-state index in [4.69, 9.17) is 10.5 Å². The van der Waals surface area contributed by atoms with Gasteiger partial charge in [0.2, 0.25) is 0 Å². The minimum atomic E-state index is 0.0347. The molecular weight excluding hydrogens is 210 g/mol. The maximum absolute atomic E-state index is 6.35. The van der Waals surface area contributed by atoms with Crippen molar-refractivity contribution in [1.82, 2.24) is 0 Å². The molecular formula is C15H23NO. The Morgan fingerprint density at radius 2 is 2.12 bits per heavy atom. The molecule has 1 aromatic rings. The molecule has 1 aliphatic rings. The van der Waals surface area contributed by atoms with Gasteiger partial charge in [-0.15, -0.1) is 0 Å². The van der Waals surface area contributed by atoms with Crippen molar-refractivity contribution in [2.75, 3.05) is 6.61 Å². The van der Waals surface area contributed by atoms with Crippen molar-refractivity contribution in [2.24, 2.45) is 11.7 Å². The first-order valence-corrected chi connectivity index (χ1v) is 6.63. The molecule has 0 aliphatic heterocycles. The minimum absolute atomic E-state index is 0.0347. The van der Waals surface area contributed by atoms with Gasteiger partial charge in [0.15, 0.2) is 0 Å². The van der Waals surface area contributed by atoms with Crippen LogP contribution in [-0.2, 0) is 11.2 Å².